The quantitative estimate of drug-likeness (QED) is 0.167. The molecule has 8 heteroatoms. The topological polar surface area (TPSA) is 126 Å². The maximum atomic E-state index is 12.6. The Morgan fingerprint density at radius 2 is 1.97 bits per heavy atom. The molecule has 0 aromatic carbocycles. The molecular formula is C23H38O8. The highest BCUT2D eigenvalue weighted by Crippen LogP contribution is 2.53. The average molecular weight is 443 g/mol. The van der Waals surface area contributed by atoms with Crippen LogP contribution in [0.15, 0.2) is 23.8 Å². The summed E-state index contributed by atoms with van der Waals surface area (Å²) in [6, 6.07) is 0. The second kappa shape index (κ2) is 11.5. The van der Waals surface area contributed by atoms with Gasteiger partial charge in [0, 0.05) is 18.3 Å². The maximum absolute atomic E-state index is 12.6. The zero-order valence-corrected chi connectivity index (χ0v) is 18.9. The first-order chi connectivity index (χ1) is 14.6. The number of aliphatic hydroxyl groups is 3. The normalized spacial score (nSPS) is 33.2. The molecule has 0 heterocycles. The van der Waals surface area contributed by atoms with E-state index in [1.165, 1.54) is 0 Å². The van der Waals surface area contributed by atoms with Gasteiger partial charge in [0.1, 0.15) is 6.10 Å². The van der Waals surface area contributed by atoms with Gasteiger partial charge in [0.05, 0.1) is 18.6 Å². The zero-order chi connectivity index (χ0) is 23.2. The third-order valence-electron chi connectivity index (χ3n) is 6.87. The number of carbonyl (C=O) groups is 1. The minimum Gasteiger partial charge on any atom is -0.461 e. The van der Waals surface area contributed by atoms with E-state index in [9.17, 15) is 20.1 Å². The average Bonchev–Trinajstić information content (AvgIpc) is 2.72. The van der Waals surface area contributed by atoms with Gasteiger partial charge in [0.2, 0.25) is 0 Å². The van der Waals surface area contributed by atoms with Crippen molar-refractivity contribution in [2.24, 2.45) is 23.2 Å². The van der Waals surface area contributed by atoms with Crippen LogP contribution in [0.4, 0.5) is 0 Å². The van der Waals surface area contributed by atoms with E-state index < -0.39 is 30.2 Å². The fourth-order valence-electron chi connectivity index (χ4n) is 4.68. The van der Waals surface area contributed by atoms with Gasteiger partial charge in [-0.3, -0.25) is 10.1 Å². The lowest BCUT2D eigenvalue weighted by Crippen LogP contribution is -2.51. The summed E-state index contributed by atoms with van der Waals surface area (Å²) in [5, 5.41) is 38.7. The van der Waals surface area contributed by atoms with Gasteiger partial charge < -0.3 is 24.8 Å². The van der Waals surface area contributed by atoms with E-state index in [-0.39, 0.29) is 43.2 Å². The Balaban J connectivity index is 2.16. The molecular weight excluding hydrogens is 404 g/mol. The first-order valence-corrected chi connectivity index (χ1v) is 11.2. The van der Waals surface area contributed by atoms with Crippen LogP contribution in [-0.2, 0) is 19.2 Å². The lowest BCUT2D eigenvalue weighted by molar-refractivity contribution is -0.265. The summed E-state index contributed by atoms with van der Waals surface area (Å²) in [4.78, 5) is 16.5. The van der Waals surface area contributed by atoms with Crippen LogP contribution < -0.4 is 0 Å². The van der Waals surface area contributed by atoms with Crippen LogP contribution in [0.2, 0.25) is 0 Å². The van der Waals surface area contributed by atoms with Crippen LogP contribution in [0.5, 0.6) is 0 Å². The summed E-state index contributed by atoms with van der Waals surface area (Å²) in [6.07, 6.45) is 4.20. The molecule has 0 saturated carbocycles. The van der Waals surface area contributed by atoms with Crippen LogP contribution in [0, 0.1) is 23.2 Å². The zero-order valence-electron chi connectivity index (χ0n) is 18.9. The lowest BCUT2D eigenvalue weighted by atomic mass is 9.56. The van der Waals surface area contributed by atoms with E-state index in [4.69, 9.17) is 14.7 Å². The van der Waals surface area contributed by atoms with Crippen molar-refractivity contribution in [3.05, 3.63) is 23.8 Å². The highest BCUT2D eigenvalue weighted by Gasteiger charge is 2.51. The predicted octanol–water partition coefficient (Wildman–Crippen LogP) is 2.78. The summed E-state index contributed by atoms with van der Waals surface area (Å²) in [5.41, 5.74) is 0.423. The Morgan fingerprint density at radius 1 is 1.29 bits per heavy atom. The monoisotopic (exact) mass is 442 g/mol. The molecule has 0 fully saturated rings. The van der Waals surface area contributed by atoms with Gasteiger partial charge in [0.15, 0.2) is 12.6 Å². The first kappa shape index (κ1) is 26.0. The molecule has 0 saturated heterocycles. The molecule has 2 aliphatic carbocycles. The summed E-state index contributed by atoms with van der Waals surface area (Å²) in [7, 11) is 0. The molecule has 0 aromatic rings. The Labute approximate surface area is 184 Å². The minimum atomic E-state index is -1.24. The smallest absolute Gasteiger partial charge is 0.308 e. The molecule has 3 unspecified atom stereocenters. The molecule has 0 radical (unpaired) electrons. The van der Waals surface area contributed by atoms with Crippen LogP contribution in [0.25, 0.3) is 0 Å². The van der Waals surface area contributed by atoms with Crippen molar-refractivity contribution in [1.82, 2.24) is 0 Å². The number of hydrogen-bond acceptors (Lipinski definition) is 8. The second-order valence-electron chi connectivity index (χ2n) is 9.01. The van der Waals surface area contributed by atoms with Gasteiger partial charge in [0.25, 0.3) is 0 Å². The standard InChI is InChI=1S/C23H38O8/c1-5-14(2)22(27)30-19-13-17(24)12-16-7-6-15(3)18(23(16,19)4)8-9-20(25)31-21(26)10-11-29-28/h6-7,12,14-15,17-21,24-26,28H,5,8-11,13H2,1-4H3/t14-,15-,17+,18-,19?,20?,21?,23-/m0/s1. The number of rotatable bonds is 11. The van der Waals surface area contributed by atoms with Crippen molar-refractivity contribution >= 4 is 5.97 Å². The van der Waals surface area contributed by atoms with E-state index in [2.05, 4.69) is 24.8 Å². The van der Waals surface area contributed by atoms with Crippen molar-refractivity contribution in [2.45, 2.75) is 84.6 Å². The van der Waals surface area contributed by atoms with Gasteiger partial charge in [-0.05, 0) is 36.7 Å². The Hall–Kier alpha value is -1.29. The number of fused-ring (bicyclic) bond motifs is 1. The Morgan fingerprint density at radius 3 is 2.61 bits per heavy atom. The molecule has 8 atom stereocenters. The van der Waals surface area contributed by atoms with Crippen molar-refractivity contribution in [1.29, 1.82) is 0 Å². The van der Waals surface area contributed by atoms with Crippen molar-refractivity contribution in [2.75, 3.05) is 6.61 Å². The molecule has 178 valence electrons. The van der Waals surface area contributed by atoms with Gasteiger partial charge in [-0.2, -0.15) is 0 Å². The van der Waals surface area contributed by atoms with Crippen LogP contribution in [0.3, 0.4) is 0 Å². The van der Waals surface area contributed by atoms with E-state index in [0.29, 0.717) is 19.3 Å². The number of carbonyl (C=O) groups excluding carboxylic acids is 1. The van der Waals surface area contributed by atoms with Crippen molar-refractivity contribution in [3.8, 4) is 0 Å². The van der Waals surface area contributed by atoms with E-state index >= 15 is 0 Å². The Bertz CT molecular complexity index is 647. The van der Waals surface area contributed by atoms with Crippen molar-refractivity contribution in [3.63, 3.8) is 0 Å². The largest absolute Gasteiger partial charge is 0.461 e. The van der Waals surface area contributed by atoms with E-state index in [1.54, 1.807) is 0 Å². The minimum absolute atomic E-state index is 0.0298. The van der Waals surface area contributed by atoms with Gasteiger partial charge in [-0.25, -0.2) is 4.89 Å². The molecule has 31 heavy (non-hydrogen) atoms. The van der Waals surface area contributed by atoms with Crippen LogP contribution in [-0.4, -0.2) is 57.9 Å². The molecule has 2 aliphatic rings. The summed E-state index contributed by atoms with van der Waals surface area (Å²) < 4.78 is 11.1. The van der Waals surface area contributed by atoms with Gasteiger partial charge in [-0.1, -0.05) is 45.9 Å². The fourth-order valence-corrected chi connectivity index (χ4v) is 4.68. The fraction of sp³-hybridized carbons (Fsp3) is 0.783. The first-order valence-electron chi connectivity index (χ1n) is 11.2. The molecule has 8 nitrogen and oxygen atoms in total. The number of allylic oxidation sites excluding steroid dienone is 2. The molecule has 0 spiro atoms. The summed E-state index contributed by atoms with van der Waals surface area (Å²) in [5.74, 6) is -0.297. The predicted molar refractivity (Wildman–Crippen MR) is 113 cm³/mol. The molecule has 0 amide bonds. The van der Waals surface area contributed by atoms with Crippen LogP contribution in [0.1, 0.15) is 59.8 Å². The number of esters is 1. The summed E-state index contributed by atoms with van der Waals surface area (Å²) in [6.45, 7) is 7.82. The SMILES string of the molecule is CC[C@H](C)C(=O)OC1C[C@H](O)C=C2C=C[C@H](C)[C@H](CCC(O)OC(O)CCOO)[C@]21C. The van der Waals surface area contributed by atoms with E-state index in [0.717, 1.165) is 5.57 Å². The molecule has 2 rings (SSSR count). The number of aliphatic hydroxyl groups excluding tert-OH is 3. The van der Waals surface area contributed by atoms with E-state index in [1.807, 2.05) is 26.0 Å². The van der Waals surface area contributed by atoms with Gasteiger partial charge >= 0.3 is 5.97 Å². The maximum Gasteiger partial charge on any atom is 0.308 e. The Kier molecular flexibility index (Phi) is 9.66. The highest BCUT2D eigenvalue weighted by atomic mass is 17.1. The summed E-state index contributed by atoms with van der Waals surface area (Å²) >= 11 is 0. The van der Waals surface area contributed by atoms with Gasteiger partial charge in [-0.15, -0.1) is 0 Å². The third-order valence-corrected chi connectivity index (χ3v) is 6.87. The molecule has 4 N–H and O–H groups in total. The van der Waals surface area contributed by atoms with Crippen LogP contribution >= 0.6 is 0 Å². The molecule has 0 aliphatic heterocycles. The molecule has 0 bridgehead atoms. The molecule has 0 aromatic heterocycles. The lowest BCUT2D eigenvalue weighted by Gasteiger charge is -2.51. The third kappa shape index (κ3) is 6.37. The number of hydrogen-bond donors (Lipinski definition) is 4. The highest BCUT2D eigenvalue weighted by molar-refractivity contribution is 5.72. The second-order valence-corrected chi connectivity index (χ2v) is 9.01. The van der Waals surface area contributed by atoms with Crippen molar-refractivity contribution < 1.29 is 39.7 Å². The number of ether oxygens (including phenoxy) is 2.